The second-order valence-electron chi connectivity index (χ2n) is 3.18. The minimum absolute atomic E-state index is 0.957. The lowest BCUT2D eigenvalue weighted by Crippen LogP contribution is -1.69. The van der Waals surface area contributed by atoms with Crippen molar-refractivity contribution in [2.75, 3.05) is 0 Å². The summed E-state index contributed by atoms with van der Waals surface area (Å²) in [5.41, 5.74) is 0. The zero-order valence-corrected chi connectivity index (χ0v) is 8.52. The van der Waals surface area contributed by atoms with Gasteiger partial charge in [0.25, 0.3) is 0 Å². The highest BCUT2D eigenvalue weighted by Crippen LogP contribution is 1.99. The molecule has 0 N–H and O–H groups in total. The molecule has 73 valence electrons. The van der Waals surface area contributed by atoms with Crippen LogP contribution in [0, 0.1) is 6.08 Å². The van der Waals surface area contributed by atoms with E-state index in [1.807, 2.05) is 12.2 Å². The molecule has 0 fully saturated rings. The fourth-order valence-corrected chi connectivity index (χ4v) is 1.17. The number of hydrogen-bond donors (Lipinski definition) is 0. The average molecular weight is 185 g/mol. The highest BCUT2D eigenvalue weighted by atomic mass is 13.9. The molecule has 0 unspecified atom stereocenters. The standard InChI is InChI=1S/C14H17/c1-2-4-6-8-10-12-14-13-11-9-7-5-3-1/h1-6,9,13-14H,7-8,10,12H2. The summed E-state index contributed by atoms with van der Waals surface area (Å²) in [5.74, 6) is 0. The van der Waals surface area contributed by atoms with Gasteiger partial charge in [-0.15, -0.1) is 0 Å². The van der Waals surface area contributed by atoms with Gasteiger partial charge in [-0.1, -0.05) is 54.7 Å². The van der Waals surface area contributed by atoms with Crippen LogP contribution in [0.15, 0.2) is 54.7 Å². The highest BCUT2D eigenvalue weighted by Gasteiger charge is 1.79. The quantitative estimate of drug-likeness (QED) is 0.532. The SMILES string of the molecule is [C]1=CCC=CC=CC=CCCCC=C1. The van der Waals surface area contributed by atoms with Gasteiger partial charge in [-0.2, -0.15) is 0 Å². The zero-order chi connectivity index (χ0) is 9.90. The summed E-state index contributed by atoms with van der Waals surface area (Å²) >= 11 is 0. The molecule has 0 amide bonds. The maximum atomic E-state index is 3.14. The van der Waals surface area contributed by atoms with Gasteiger partial charge in [0, 0.05) is 0 Å². The fourth-order valence-electron chi connectivity index (χ4n) is 1.17. The Morgan fingerprint density at radius 1 is 0.786 bits per heavy atom. The van der Waals surface area contributed by atoms with Gasteiger partial charge in [0.2, 0.25) is 0 Å². The minimum Gasteiger partial charge on any atom is -0.0845 e. The molecule has 0 aromatic rings. The summed E-state index contributed by atoms with van der Waals surface area (Å²) < 4.78 is 0. The van der Waals surface area contributed by atoms with E-state index >= 15 is 0 Å². The first-order valence-electron chi connectivity index (χ1n) is 5.21. The Bertz CT molecular complexity index is 262. The van der Waals surface area contributed by atoms with E-state index in [1.165, 1.54) is 6.42 Å². The van der Waals surface area contributed by atoms with Crippen molar-refractivity contribution in [3.05, 3.63) is 60.8 Å². The van der Waals surface area contributed by atoms with Crippen LogP contribution in [0.3, 0.4) is 0 Å². The molecule has 0 heteroatoms. The third-order valence-electron chi connectivity index (χ3n) is 1.93. The predicted octanol–water partition coefficient (Wildman–Crippen LogP) is 4.14. The molecular formula is C14H17. The van der Waals surface area contributed by atoms with Crippen LogP contribution in [-0.4, -0.2) is 0 Å². The van der Waals surface area contributed by atoms with Crippen molar-refractivity contribution in [1.29, 1.82) is 0 Å². The lowest BCUT2D eigenvalue weighted by molar-refractivity contribution is 0.868. The molecule has 0 heterocycles. The van der Waals surface area contributed by atoms with Crippen molar-refractivity contribution in [2.45, 2.75) is 25.7 Å². The first-order chi connectivity index (χ1) is 7.00. The summed E-state index contributed by atoms with van der Waals surface area (Å²) in [4.78, 5) is 0. The van der Waals surface area contributed by atoms with E-state index in [9.17, 15) is 0 Å². The molecule has 1 radical (unpaired) electrons. The third kappa shape index (κ3) is 6.24. The molecule has 0 aliphatic heterocycles. The van der Waals surface area contributed by atoms with Crippen molar-refractivity contribution in [2.24, 2.45) is 0 Å². The van der Waals surface area contributed by atoms with E-state index in [1.54, 1.807) is 0 Å². The third-order valence-corrected chi connectivity index (χ3v) is 1.93. The van der Waals surface area contributed by atoms with Crippen LogP contribution in [0.5, 0.6) is 0 Å². The summed E-state index contributed by atoms with van der Waals surface area (Å²) in [5, 5.41) is 0. The van der Waals surface area contributed by atoms with Gasteiger partial charge in [0.05, 0.1) is 0 Å². The molecule has 0 bridgehead atoms. The Morgan fingerprint density at radius 3 is 2.50 bits per heavy atom. The van der Waals surface area contributed by atoms with Gasteiger partial charge in [-0.05, 0) is 31.8 Å². The van der Waals surface area contributed by atoms with Gasteiger partial charge in [-0.25, -0.2) is 0 Å². The molecule has 0 spiro atoms. The lowest BCUT2D eigenvalue weighted by atomic mass is 10.2. The Hall–Kier alpha value is -1.30. The molecule has 0 aromatic heterocycles. The molecule has 1 aliphatic carbocycles. The molecule has 0 atom stereocenters. The van der Waals surface area contributed by atoms with Crippen LogP contribution in [0.2, 0.25) is 0 Å². The molecule has 0 aromatic carbocycles. The van der Waals surface area contributed by atoms with Crippen molar-refractivity contribution in [3.63, 3.8) is 0 Å². The topological polar surface area (TPSA) is 0 Å². The second kappa shape index (κ2) is 8.31. The van der Waals surface area contributed by atoms with Gasteiger partial charge in [0.1, 0.15) is 0 Å². The molecule has 0 saturated carbocycles. The lowest BCUT2D eigenvalue weighted by Gasteiger charge is -1.88. The highest BCUT2D eigenvalue weighted by molar-refractivity contribution is 5.12. The van der Waals surface area contributed by atoms with Crippen molar-refractivity contribution >= 4 is 0 Å². The largest absolute Gasteiger partial charge is 0.0845 e. The minimum atomic E-state index is 0.957. The smallest absolute Gasteiger partial charge is 0.0157 e. The fraction of sp³-hybridized carbons (Fsp3) is 0.286. The van der Waals surface area contributed by atoms with Crippen LogP contribution in [-0.2, 0) is 0 Å². The maximum Gasteiger partial charge on any atom is -0.0157 e. The van der Waals surface area contributed by atoms with E-state index in [-0.39, 0.29) is 0 Å². The molecule has 1 rings (SSSR count). The Balaban J connectivity index is 2.45. The number of allylic oxidation sites excluding steroid dienone is 10. The Kier molecular flexibility index (Phi) is 6.39. The normalized spacial score (nSPS) is 18.3. The van der Waals surface area contributed by atoms with E-state index < -0.39 is 0 Å². The van der Waals surface area contributed by atoms with Crippen molar-refractivity contribution in [1.82, 2.24) is 0 Å². The van der Waals surface area contributed by atoms with E-state index in [0.29, 0.717) is 0 Å². The molecule has 0 nitrogen and oxygen atoms in total. The molecule has 0 saturated heterocycles. The van der Waals surface area contributed by atoms with Crippen LogP contribution >= 0.6 is 0 Å². The van der Waals surface area contributed by atoms with Crippen molar-refractivity contribution in [3.8, 4) is 0 Å². The molecule has 1 aliphatic rings. The van der Waals surface area contributed by atoms with E-state index in [0.717, 1.165) is 19.3 Å². The van der Waals surface area contributed by atoms with Crippen LogP contribution in [0.4, 0.5) is 0 Å². The Morgan fingerprint density at radius 2 is 1.57 bits per heavy atom. The summed E-state index contributed by atoms with van der Waals surface area (Å²) in [7, 11) is 0. The first-order valence-corrected chi connectivity index (χ1v) is 5.21. The summed E-state index contributed by atoms with van der Waals surface area (Å²) in [6, 6.07) is 0. The molecular weight excluding hydrogens is 168 g/mol. The average Bonchev–Trinajstić information content (AvgIpc) is 2.22. The van der Waals surface area contributed by atoms with Crippen molar-refractivity contribution < 1.29 is 0 Å². The number of hydrogen-bond acceptors (Lipinski definition) is 0. The van der Waals surface area contributed by atoms with Gasteiger partial charge in [-0.3, -0.25) is 0 Å². The number of rotatable bonds is 0. The Labute approximate surface area is 87.0 Å². The van der Waals surface area contributed by atoms with Crippen LogP contribution in [0.1, 0.15) is 25.7 Å². The van der Waals surface area contributed by atoms with Gasteiger partial charge >= 0.3 is 0 Å². The van der Waals surface area contributed by atoms with Crippen LogP contribution in [0.25, 0.3) is 0 Å². The van der Waals surface area contributed by atoms with Gasteiger partial charge < -0.3 is 0 Å². The van der Waals surface area contributed by atoms with Crippen LogP contribution < -0.4 is 0 Å². The van der Waals surface area contributed by atoms with E-state index in [2.05, 4.69) is 48.6 Å². The second-order valence-corrected chi connectivity index (χ2v) is 3.18. The van der Waals surface area contributed by atoms with E-state index in [4.69, 9.17) is 0 Å². The maximum absolute atomic E-state index is 3.14. The summed E-state index contributed by atoms with van der Waals surface area (Å²) in [6.45, 7) is 0. The summed E-state index contributed by atoms with van der Waals surface area (Å²) in [6.07, 6.45) is 26.5. The molecule has 14 heavy (non-hydrogen) atoms. The predicted molar refractivity (Wildman–Crippen MR) is 62.8 cm³/mol. The first kappa shape index (κ1) is 10.8. The van der Waals surface area contributed by atoms with Gasteiger partial charge in [0.15, 0.2) is 0 Å². The zero-order valence-electron chi connectivity index (χ0n) is 8.52. The monoisotopic (exact) mass is 185 g/mol.